The highest BCUT2D eigenvalue weighted by Gasteiger charge is 2.11. The third kappa shape index (κ3) is 4.37. The number of esters is 1. The van der Waals surface area contributed by atoms with Gasteiger partial charge in [-0.05, 0) is 18.6 Å². The van der Waals surface area contributed by atoms with E-state index in [1.54, 1.807) is 24.3 Å². The molecule has 0 aliphatic heterocycles. The van der Waals surface area contributed by atoms with Crippen molar-refractivity contribution in [3.8, 4) is 11.4 Å². The van der Waals surface area contributed by atoms with E-state index in [2.05, 4.69) is 15.1 Å². The van der Waals surface area contributed by atoms with Crippen LogP contribution in [0.25, 0.3) is 22.3 Å². The van der Waals surface area contributed by atoms with Crippen molar-refractivity contribution < 1.29 is 14.1 Å². The minimum Gasteiger partial charge on any atom is -0.464 e. The van der Waals surface area contributed by atoms with Crippen molar-refractivity contribution in [2.75, 3.05) is 6.61 Å². The van der Waals surface area contributed by atoms with E-state index < -0.39 is 5.97 Å². The Morgan fingerprint density at radius 2 is 1.86 bits per heavy atom. The quantitative estimate of drug-likeness (QED) is 0.353. The van der Waals surface area contributed by atoms with Crippen molar-refractivity contribution >= 4 is 16.9 Å². The molecule has 8 nitrogen and oxygen atoms in total. The lowest BCUT2D eigenvalue weighted by atomic mass is 10.2. The Hall–Kier alpha value is -3.81. The summed E-state index contributed by atoms with van der Waals surface area (Å²) in [6.07, 6.45) is 2.38. The first kappa shape index (κ1) is 18.5. The first-order chi connectivity index (χ1) is 14.2. The number of carbonyl (C=O) groups excluding carboxylic acids is 1. The van der Waals surface area contributed by atoms with Crippen LogP contribution in [0.1, 0.15) is 12.3 Å². The number of aromatic nitrogens is 4. The summed E-state index contributed by atoms with van der Waals surface area (Å²) in [4.78, 5) is 32.9. The van der Waals surface area contributed by atoms with Crippen LogP contribution >= 0.6 is 0 Å². The number of hydrogen-bond acceptors (Lipinski definition) is 7. The third-order valence-corrected chi connectivity index (χ3v) is 4.33. The Morgan fingerprint density at radius 3 is 2.72 bits per heavy atom. The predicted octanol–water partition coefficient (Wildman–Crippen LogP) is 2.62. The van der Waals surface area contributed by atoms with Gasteiger partial charge in [0, 0.05) is 12.0 Å². The topological polar surface area (TPSA) is 100 Å². The van der Waals surface area contributed by atoms with Gasteiger partial charge in [-0.2, -0.15) is 4.98 Å². The molecule has 0 aliphatic carbocycles. The second-order valence-electron chi connectivity index (χ2n) is 6.40. The molecule has 0 saturated carbocycles. The van der Waals surface area contributed by atoms with Crippen molar-refractivity contribution in [1.29, 1.82) is 0 Å². The van der Waals surface area contributed by atoms with E-state index >= 15 is 0 Å². The van der Waals surface area contributed by atoms with Crippen molar-refractivity contribution in [2.24, 2.45) is 0 Å². The van der Waals surface area contributed by atoms with Gasteiger partial charge in [-0.1, -0.05) is 47.6 Å². The van der Waals surface area contributed by atoms with Gasteiger partial charge in [0.15, 0.2) is 0 Å². The van der Waals surface area contributed by atoms with Gasteiger partial charge in [-0.25, -0.2) is 4.98 Å². The fraction of sp³-hybridized carbons (Fsp3) is 0.190. The predicted molar refractivity (Wildman–Crippen MR) is 105 cm³/mol. The van der Waals surface area contributed by atoms with Crippen LogP contribution in [0.2, 0.25) is 0 Å². The summed E-state index contributed by atoms with van der Waals surface area (Å²) < 4.78 is 11.7. The highest BCUT2D eigenvalue weighted by atomic mass is 16.5. The summed E-state index contributed by atoms with van der Waals surface area (Å²) in [6, 6.07) is 16.5. The average molecular weight is 390 g/mol. The van der Waals surface area contributed by atoms with Crippen LogP contribution in [-0.4, -0.2) is 32.3 Å². The van der Waals surface area contributed by atoms with Gasteiger partial charge in [0.1, 0.15) is 6.54 Å². The summed E-state index contributed by atoms with van der Waals surface area (Å²) in [5, 5.41) is 4.42. The zero-order chi connectivity index (χ0) is 20.1. The monoisotopic (exact) mass is 390 g/mol. The fourth-order valence-electron chi connectivity index (χ4n) is 2.87. The van der Waals surface area contributed by atoms with E-state index in [1.165, 1.54) is 10.9 Å². The third-order valence-electron chi connectivity index (χ3n) is 4.33. The van der Waals surface area contributed by atoms with Gasteiger partial charge in [-0.15, -0.1) is 0 Å². The summed E-state index contributed by atoms with van der Waals surface area (Å²) >= 11 is 0. The highest BCUT2D eigenvalue weighted by molar-refractivity contribution is 5.77. The maximum Gasteiger partial charge on any atom is 0.326 e. The van der Waals surface area contributed by atoms with Crippen LogP contribution in [0.4, 0.5) is 0 Å². The Morgan fingerprint density at radius 1 is 1.07 bits per heavy atom. The number of rotatable bonds is 7. The van der Waals surface area contributed by atoms with Crippen LogP contribution in [0.3, 0.4) is 0 Å². The molecule has 0 amide bonds. The molecule has 4 rings (SSSR count). The van der Waals surface area contributed by atoms with Crippen molar-refractivity contribution in [2.45, 2.75) is 19.4 Å². The Balaban J connectivity index is 1.27. The molecule has 0 bridgehead atoms. The number of carbonyl (C=O) groups is 1. The average Bonchev–Trinajstić information content (AvgIpc) is 3.23. The fourth-order valence-corrected chi connectivity index (χ4v) is 2.87. The zero-order valence-electron chi connectivity index (χ0n) is 15.5. The Kier molecular flexibility index (Phi) is 5.42. The minimum absolute atomic E-state index is 0.185. The van der Waals surface area contributed by atoms with Crippen LogP contribution in [-0.2, 0) is 22.5 Å². The number of benzene rings is 2. The van der Waals surface area contributed by atoms with Gasteiger partial charge in [-0.3, -0.25) is 14.2 Å². The summed E-state index contributed by atoms with van der Waals surface area (Å²) in [7, 11) is 0. The first-order valence-electron chi connectivity index (χ1n) is 9.18. The molecule has 2 heterocycles. The van der Waals surface area contributed by atoms with Crippen LogP contribution in [0.5, 0.6) is 0 Å². The molecule has 146 valence electrons. The molecule has 0 radical (unpaired) electrons. The maximum absolute atomic E-state index is 12.4. The molecule has 2 aromatic heterocycles. The minimum atomic E-state index is -0.500. The summed E-state index contributed by atoms with van der Waals surface area (Å²) in [5.41, 5.74) is 1.20. The molecular formula is C21H18N4O4. The lowest BCUT2D eigenvalue weighted by Crippen LogP contribution is -2.25. The van der Waals surface area contributed by atoms with Gasteiger partial charge in [0.05, 0.1) is 23.8 Å². The van der Waals surface area contributed by atoms with Crippen LogP contribution in [0, 0.1) is 0 Å². The number of ether oxygens (including phenoxy) is 1. The number of nitrogens with zero attached hydrogens (tertiary/aromatic N) is 4. The number of fused-ring (bicyclic) bond motifs is 1. The van der Waals surface area contributed by atoms with Crippen molar-refractivity contribution in [1.82, 2.24) is 19.7 Å². The Bertz CT molecular complexity index is 1180. The van der Waals surface area contributed by atoms with Gasteiger partial charge < -0.3 is 9.26 Å². The summed E-state index contributed by atoms with van der Waals surface area (Å²) in [5.74, 6) is 0.510. The molecule has 4 aromatic rings. The SMILES string of the molecule is O=C(Cn1cnc2ccccc2c1=O)OCCCc1nc(-c2ccccc2)no1. The van der Waals surface area contributed by atoms with Crippen molar-refractivity contribution in [3.05, 3.63) is 77.2 Å². The lowest BCUT2D eigenvalue weighted by molar-refractivity contribution is -0.144. The van der Waals surface area contributed by atoms with E-state index in [9.17, 15) is 9.59 Å². The first-order valence-corrected chi connectivity index (χ1v) is 9.18. The number of hydrogen-bond donors (Lipinski definition) is 0. The molecule has 0 saturated heterocycles. The molecule has 0 spiro atoms. The molecule has 2 aromatic carbocycles. The standard InChI is InChI=1S/C21H18N4O4/c26-19(13-25-14-22-17-10-5-4-9-16(17)21(25)27)28-12-6-11-18-23-20(24-29-18)15-7-2-1-3-8-15/h1-5,7-10,14H,6,11-13H2. The van der Waals surface area contributed by atoms with E-state index in [4.69, 9.17) is 9.26 Å². The van der Waals surface area contributed by atoms with E-state index in [-0.39, 0.29) is 18.7 Å². The molecular weight excluding hydrogens is 372 g/mol. The van der Waals surface area contributed by atoms with Gasteiger partial charge in [0.2, 0.25) is 11.7 Å². The van der Waals surface area contributed by atoms with E-state index in [1.807, 2.05) is 30.3 Å². The normalized spacial score (nSPS) is 10.9. The lowest BCUT2D eigenvalue weighted by Gasteiger charge is -2.07. The van der Waals surface area contributed by atoms with Crippen molar-refractivity contribution in [3.63, 3.8) is 0 Å². The summed E-state index contributed by atoms with van der Waals surface area (Å²) in [6.45, 7) is 0.00697. The maximum atomic E-state index is 12.4. The molecule has 0 unspecified atom stereocenters. The molecule has 0 fully saturated rings. The highest BCUT2D eigenvalue weighted by Crippen LogP contribution is 2.15. The second-order valence-corrected chi connectivity index (χ2v) is 6.40. The molecule has 0 atom stereocenters. The molecule has 0 aliphatic rings. The van der Waals surface area contributed by atoms with Crippen LogP contribution in [0.15, 0.2) is 70.2 Å². The van der Waals surface area contributed by atoms with Gasteiger partial charge >= 0.3 is 5.97 Å². The number of aryl methyl sites for hydroxylation is 1. The number of para-hydroxylation sites is 1. The molecule has 8 heteroatoms. The largest absolute Gasteiger partial charge is 0.464 e. The smallest absolute Gasteiger partial charge is 0.326 e. The van der Waals surface area contributed by atoms with Crippen LogP contribution < -0.4 is 5.56 Å². The second kappa shape index (κ2) is 8.47. The van der Waals surface area contributed by atoms with Gasteiger partial charge in [0.25, 0.3) is 5.56 Å². The van der Waals surface area contributed by atoms with E-state index in [0.29, 0.717) is 35.5 Å². The molecule has 0 N–H and O–H groups in total. The molecule has 29 heavy (non-hydrogen) atoms. The zero-order valence-corrected chi connectivity index (χ0v) is 15.5. The van der Waals surface area contributed by atoms with E-state index in [0.717, 1.165) is 5.56 Å². The Labute approximate surface area is 165 Å².